The van der Waals surface area contributed by atoms with Crippen LogP contribution in [0.5, 0.6) is 0 Å². The Morgan fingerprint density at radius 1 is 1.17 bits per heavy atom. The van der Waals surface area contributed by atoms with Crippen molar-refractivity contribution < 1.29 is 4.79 Å². The van der Waals surface area contributed by atoms with Crippen LogP contribution in [0.2, 0.25) is 0 Å². The van der Waals surface area contributed by atoms with Gasteiger partial charge in [-0.1, -0.05) is 57.0 Å². The van der Waals surface area contributed by atoms with Crippen LogP contribution in [-0.4, -0.2) is 51.6 Å². The predicted octanol–water partition coefficient (Wildman–Crippen LogP) is 4.58. The lowest BCUT2D eigenvalue weighted by Gasteiger charge is -2.38. The highest BCUT2D eigenvalue weighted by Gasteiger charge is 2.31. The Hall–Kier alpha value is -2.14. The number of aromatic amines is 1. The summed E-state index contributed by atoms with van der Waals surface area (Å²) in [6.07, 6.45) is 6.46. The molecule has 1 N–H and O–H groups in total. The maximum absolute atomic E-state index is 13.6. The van der Waals surface area contributed by atoms with Crippen molar-refractivity contribution in [1.82, 2.24) is 20.0 Å². The van der Waals surface area contributed by atoms with Crippen molar-refractivity contribution in [2.45, 2.75) is 71.9 Å². The van der Waals surface area contributed by atoms with Gasteiger partial charge >= 0.3 is 0 Å². The number of carbonyl (C=O) groups excluding carboxylic acids is 1. The van der Waals surface area contributed by atoms with Gasteiger partial charge in [0.05, 0.1) is 0 Å². The number of hydrogen-bond acceptors (Lipinski definition) is 3. The maximum Gasteiger partial charge on any atom is 0.275 e. The molecule has 0 aliphatic carbocycles. The van der Waals surface area contributed by atoms with Gasteiger partial charge in [-0.2, -0.15) is 5.10 Å². The van der Waals surface area contributed by atoms with Gasteiger partial charge in [-0.25, -0.2) is 0 Å². The van der Waals surface area contributed by atoms with Crippen LogP contribution in [0, 0.1) is 6.92 Å². The number of unbranched alkanes of at least 4 members (excludes halogenated alkanes) is 1. The normalized spacial score (nSPS) is 15.6. The highest BCUT2D eigenvalue weighted by Crippen LogP contribution is 2.24. The molecule has 2 heterocycles. The summed E-state index contributed by atoms with van der Waals surface area (Å²) in [6, 6.07) is 10.6. The van der Waals surface area contributed by atoms with Gasteiger partial charge in [-0.15, -0.1) is 0 Å². The minimum atomic E-state index is 0.0775. The number of aromatic nitrogens is 2. The number of likely N-dealkylation sites (tertiary alicyclic amines) is 1. The molecule has 0 unspecified atom stereocenters. The van der Waals surface area contributed by atoms with E-state index in [4.69, 9.17) is 0 Å². The summed E-state index contributed by atoms with van der Waals surface area (Å²) in [6.45, 7) is 10.4. The number of hydrogen-bond donors (Lipinski definition) is 1. The van der Waals surface area contributed by atoms with Crippen LogP contribution in [0.3, 0.4) is 0 Å². The molecular weight excluding hydrogens is 360 g/mol. The third-order valence-electron chi connectivity index (χ3n) is 6.06. The van der Waals surface area contributed by atoms with E-state index in [0.29, 0.717) is 12.2 Å². The van der Waals surface area contributed by atoms with Crippen LogP contribution in [0.15, 0.2) is 30.3 Å². The highest BCUT2D eigenvalue weighted by molar-refractivity contribution is 5.94. The van der Waals surface area contributed by atoms with E-state index in [2.05, 4.69) is 46.0 Å². The fourth-order valence-corrected chi connectivity index (χ4v) is 4.30. The third-order valence-corrected chi connectivity index (χ3v) is 6.06. The topological polar surface area (TPSA) is 52.2 Å². The molecular formula is C24H36N4O. The first-order valence-corrected chi connectivity index (χ1v) is 11.2. The standard InChI is InChI=1S/C24H36N4O/c1-4-6-15-27-16-13-21(14-17-27)28(18-20-11-8-7-9-12-20)24(29)23-22(10-5-2)19(3)25-26-23/h7-9,11-12,21H,4-6,10,13-18H2,1-3H3,(H,25,26). The van der Waals surface area contributed by atoms with Crippen molar-refractivity contribution in [1.29, 1.82) is 0 Å². The number of piperidine rings is 1. The van der Waals surface area contributed by atoms with Gasteiger partial charge in [-0.05, 0) is 44.7 Å². The van der Waals surface area contributed by atoms with E-state index in [9.17, 15) is 4.79 Å². The number of benzene rings is 1. The minimum Gasteiger partial charge on any atom is -0.330 e. The number of amides is 1. The lowest BCUT2D eigenvalue weighted by Crippen LogP contribution is -2.47. The quantitative estimate of drug-likeness (QED) is 0.675. The van der Waals surface area contributed by atoms with E-state index in [0.717, 1.165) is 50.0 Å². The first-order chi connectivity index (χ1) is 14.1. The molecule has 0 atom stereocenters. The molecule has 0 saturated carbocycles. The first kappa shape index (κ1) is 21.6. The number of rotatable bonds is 9. The number of nitrogens with one attached hydrogen (secondary N) is 1. The second kappa shape index (κ2) is 10.6. The number of nitrogens with zero attached hydrogens (tertiary/aromatic N) is 3. The molecule has 1 aromatic heterocycles. The lowest BCUT2D eigenvalue weighted by atomic mass is 10.00. The second-order valence-corrected chi connectivity index (χ2v) is 8.27. The van der Waals surface area contributed by atoms with Crippen LogP contribution in [-0.2, 0) is 13.0 Å². The molecule has 5 nitrogen and oxygen atoms in total. The molecule has 1 amide bonds. The van der Waals surface area contributed by atoms with Crippen molar-refractivity contribution in [2.24, 2.45) is 0 Å². The summed E-state index contributed by atoms with van der Waals surface area (Å²) < 4.78 is 0. The molecule has 1 fully saturated rings. The molecule has 29 heavy (non-hydrogen) atoms. The van der Waals surface area contributed by atoms with Crippen LogP contribution in [0.25, 0.3) is 0 Å². The summed E-state index contributed by atoms with van der Waals surface area (Å²) in [7, 11) is 0. The SMILES string of the molecule is CCCCN1CCC(N(Cc2ccccc2)C(=O)c2n[nH]c(C)c2CCC)CC1. The lowest BCUT2D eigenvalue weighted by molar-refractivity contribution is 0.0542. The van der Waals surface area contributed by atoms with Crippen molar-refractivity contribution in [3.63, 3.8) is 0 Å². The van der Waals surface area contributed by atoms with Crippen LogP contribution in [0.4, 0.5) is 0 Å². The molecule has 1 saturated heterocycles. The summed E-state index contributed by atoms with van der Waals surface area (Å²) >= 11 is 0. The first-order valence-electron chi connectivity index (χ1n) is 11.2. The van der Waals surface area contributed by atoms with Crippen molar-refractivity contribution >= 4 is 5.91 Å². The molecule has 2 aromatic rings. The number of aryl methyl sites for hydroxylation is 1. The Kier molecular flexibility index (Phi) is 7.87. The van der Waals surface area contributed by atoms with Gasteiger partial charge in [0.25, 0.3) is 5.91 Å². The fraction of sp³-hybridized carbons (Fsp3) is 0.583. The van der Waals surface area contributed by atoms with Gasteiger partial charge in [0.15, 0.2) is 5.69 Å². The van der Waals surface area contributed by atoms with Crippen molar-refractivity contribution in [2.75, 3.05) is 19.6 Å². The zero-order chi connectivity index (χ0) is 20.6. The zero-order valence-electron chi connectivity index (χ0n) is 18.3. The largest absolute Gasteiger partial charge is 0.330 e. The average molecular weight is 397 g/mol. The van der Waals surface area contributed by atoms with Crippen molar-refractivity contribution in [3.8, 4) is 0 Å². The molecule has 1 aliphatic heterocycles. The summed E-state index contributed by atoms with van der Waals surface area (Å²) in [5.41, 5.74) is 3.90. The van der Waals surface area contributed by atoms with E-state index >= 15 is 0 Å². The van der Waals surface area contributed by atoms with Gasteiger partial charge in [0, 0.05) is 36.9 Å². The fourth-order valence-electron chi connectivity index (χ4n) is 4.30. The zero-order valence-corrected chi connectivity index (χ0v) is 18.3. The third kappa shape index (κ3) is 5.47. The van der Waals surface area contributed by atoms with Crippen LogP contribution < -0.4 is 0 Å². The molecule has 1 aromatic carbocycles. The molecule has 5 heteroatoms. The van der Waals surface area contributed by atoms with E-state index in [1.54, 1.807) is 0 Å². The van der Waals surface area contributed by atoms with Gasteiger partial charge in [0.1, 0.15) is 0 Å². The van der Waals surface area contributed by atoms with E-state index in [-0.39, 0.29) is 11.9 Å². The predicted molar refractivity (Wildman–Crippen MR) is 118 cm³/mol. The Morgan fingerprint density at radius 3 is 2.55 bits per heavy atom. The smallest absolute Gasteiger partial charge is 0.275 e. The molecule has 158 valence electrons. The summed E-state index contributed by atoms with van der Waals surface area (Å²) in [5.74, 6) is 0.0775. The van der Waals surface area contributed by atoms with Gasteiger partial charge in [-0.3, -0.25) is 9.89 Å². The highest BCUT2D eigenvalue weighted by atomic mass is 16.2. The molecule has 0 radical (unpaired) electrons. The van der Waals surface area contributed by atoms with E-state index < -0.39 is 0 Å². The number of carbonyl (C=O) groups is 1. The van der Waals surface area contributed by atoms with Crippen LogP contribution in [0.1, 0.15) is 73.3 Å². The Morgan fingerprint density at radius 2 is 1.90 bits per heavy atom. The number of H-pyrrole nitrogens is 1. The van der Waals surface area contributed by atoms with Crippen molar-refractivity contribution in [3.05, 3.63) is 52.8 Å². The monoisotopic (exact) mass is 396 g/mol. The van der Waals surface area contributed by atoms with Crippen LogP contribution >= 0.6 is 0 Å². The minimum absolute atomic E-state index is 0.0775. The van der Waals surface area contributed by atoms with Gasteiger partial charge in [0.2, 0.25) is 0 Å². The molecule has 0 spiro atoms. The van der Waals surface area contributed by atoms with E-state index in [1.807, 2.05) is 25.1 Å². The van der Waals surface area contributed by atoms with E-state index in [1.165, 1.54) is 24.9 Å². The summed E-state index contributed by atoms with van der Waals surface area (Å²) in [4.78, 5) is 18.3. The second-order valence-electron chi connectivity index (χ2n) is 8.27. The Balaban J connectivity index is 1.79. The molecule has 3 rings (SSSR count). The summed E-state index contributed by atoms with van der Waals surface area (Å²) in [5, 5.41) is 7.47. The van der Waals surface area contributed by atoms with Gasteiger partial charge < -0.3 is 9.80 Å². The Bertz CT molecular complexity index is 762. The Labute approximate surface area is 175 Å². The molecule has 1 aliphatic rings. The molecule has 0 bridgehead atoms. The maximum atomic E-state index is 13.6. The average Bonchev–Trinajstić information content (AvgIpc) is 3.12.